The number of halogens is 4. The van der Waals surface area contributed by atoms with Crippen LogP contribution < -0.4 is 0 Å². The summed E-state index contributed by atoms with van der Waals surface area (Å²) in [6.07, 6.45) is 0. The number of rotatable bonds is 4. The number of hydrogen-bond acceptors (Lipinski definition) is 3. The maximum atomic E-state index is 12.1. The van der Waals surface area contributed by atoms with Crippen LogP contribution in [0.15, 0.2) is 24.3 Å². The molecule has 0 bridgehead atoms. The van der Waals surface area contributed by atoms with E-state index in [0.717, 1.165) is 4.88 Å². The lowest BCUT2D eigenvalue weighted by atomic mass is 10.1. The van der Waals surface area contributed by atoms with Gasteiger partial charge in [0.2, 0.25) is 0 Å². The first-order valence-electron chi connectivity index (χ1n) is 4.82. The minimum atomic E-state index is -0.837. The summed E-state index contributed by atoms with van der Waals surface area (Å²) in [5.41, 5.74) is 0. The SMILES string of the molecule is O=C(c1ccc(Cl)s1)C(Cl)C(Cl)c1ccc(Cl)s1. The molecule has 0 aliphatic carbocycles. The van der Waals surface area contributed by atoms with Crippen molar-refractivity contribution in [1.82, 2.24) is 0 Å². The molecule has 2 atom stereocenters. The Labute approximate surface area is 132 Å². The third-order valence-corrected chi connectivity index (χ3v) is 5.94. The Morgan fingerprint density at radius 3 is 2.11 bits per heavy atom. The molecule has 96 valence electrons. The molecule has 0 aromatic carbocycles. The van der Waals surface area contributed by atoms with Gasteiger partial charge in [0.1, 0.15) is 5.38 Å². The molecule has 0 N–H and O–H groups in total. The molecule has 2 aromatic heterocycles. The van der Waals surface area contributed by atoms with Crippen molar-refractivity contribution >= 4 is 74.9 Å². The van der Waals surface area contributed by atoms with Crippen molar-refractivity contribution in [3.8, 4) is 0 Å². The third-order valence-electron chi connectivity index (χ3n) is 2.19. The van der Waals surface area contributed by atoms with Crippen molar-refractivity contribution in [3.05, 3.63) is 42.7 Å². The number of carbonyl (C=O) groups excluding carboxylic acids is 1. The van der Waals surface area contributed by atoms with Gasteiger partial charge in [-0.2, -0.15) is 0 Å². The first kappa shape index (κ1) is 14.6. The lowest BCUT2D eigenvalue weighted by Crippen LogP contribution is -2.18. The summed E-state index contributed by atoms with van der Waals surface area (Å²) < 4.78 is 1.17. The molecule has 0 spiro atoms. The molecule has 18 heavy (non-hydrogen) atoms. The van der Waals surface area contributed by atoms with E-state index in [9.17, 15) is 4.79 Å². The largest absolute Gasteiger partial charge is 0.292 e. The zero-order chi connectivity index (χ0) is 13.3. The van der Waals surface area contributed by atoms with E-state index in [1.54, 1.807) is 24.3 Å². The zero-order valence-corrected chi connectivity index (χ0v) is 13.4. The van der Waals surface area contributed by atoms with E-state index in [2.05, 4.69) is 0 Å². The predicted molar refractivity (Wildman–Crippen MR) is 81.2 cm³/mol. The van der Waals surface area contributed by atoms with E-state index >= 15 is 0 Å². The van der Waals surface area contributed by atoms with Crippen LogP contribution in [0.1, 0.15) is 19.9 Å². The summed E-state index contributed by atoms with van der Waals surface area (Å²) in [5, 5.41) is -1.44. The van der Waals surface area contributed by atoms with E-state index in [1.165, 1.54) is 22.7 Å². The van der Waals surface area contributed by atoms with E-state index in [0.29, 0.717) is 13.5 Å². The average molecular weight is 360 g/mol. The molecular weight excluding hydrogens is 354 g/mol. The van der Waals surface area contributed by atoms with Crippen LogP contribution in [-0.4, -0.2) is 11.2 Å². The second-order valence-electron chi connectivity index (χ2n) is 3.41. The van der Waals surface area contributed by atoms with Crippen LogP contribution in [0, 0.1) is 0 Å². The fourth-order valence-electron chi connectivity index (χ4n) is 1.34. The number of carbonyl (C=O) groups is 1. The molecule has 0 saturated heterocycles. The Morgan fingerprint density at radius 2 is 1.61 bits per heavy atom. The van der Waals surface area contributed by atoms with Crippen molar-refractivity contribution < 1.29 is 4.79 Å². The summed E-state index contributed by atoms with van der Waals surface area (Å²) in [7, 11) is 0. The quantitative estimate of drug-likeness (QED) is 0.491. The maximum Gasteiger partial charge on any atom is 0.192 e. The van der Waals surface area contributed by atoms with Crippen molar-refractivity contribution in [3.63, 3.8) is 0 Å². The van der Waals surface area contributed by atoms with Crippen molar-refractivity contribution in [1.29, 1.82) is 0 Å². The lowest BCUT2D eigenvalue weighted by molar-refractivity contribution is 0.0989. The molecule has 7 heteroatoms. The molecule has 0 fully saturated rings. The first-order valence-corrected chi connectivity index (χ1v) is 8.08. The molecule has 0 aliphatic heterocycles. The zero-order valence-electron chi connectivity index (χ0n) is 8.70. The Hall–Kier alpha value is 0.230. The lowest BCUT2D eigenvalue weighted by Gasteiger charge is -2.12. The summed E-state index contributed by atoms with van der Waals surface area (Å²) in [6, 6.07) is 6.81. The number of Topliss-reactive ketones (excluding diaryl/α,β-unsaturated/α-hetero) is 1. The van der Waals surface area contributed by atoms with Gasteiger partial charge >= 0.3 is 0 Å². The van der Waals surface area contributed by atoms with E-state index in [-0.39, 0.29) is 5.78 Å². The standard InChI is InChI=1S/C11H6Cl4OS2/c12-7-3-1-5(17-7)9(14)10(15)11(16)6-2-4-8(13)18-6/h1-4,9-10H. The van der Waals surface area contributed by atoms with Crippen molar-refractivity contribution in [2.75, 3.05) is 0 Å². The Bertz CT molecular complexity index is 563. The second kappa shape index (κ2) is 6.12. The smallest absolute Gasteiger partial charge is 0.192 e. The topological polar surface area (TPSA) is 17.1 Å². The van der Waals surface area contributed by atoms with Gasteiger partial charge in [-0.05, 0) is 24.3 Å². The van der Waals surface area contributed by atoms with Crippen molar-refractivity contribution in [2.24, 2.45) is 0 Å². The van der Waals surface area contributed by atoms with Crippen LogP contribution >= 0.6 is 69.1 Å². The van der Waals surface area contributed by atoms with E-state index in [4.69, 9.17) is 46.4 Å². The molecule has 2 heterocycles. The highest BCUT2D eigenvalue weighted by atomic mass is 35.5. The summed E-state index contributed by atoms with van der Waals surface area (Å²) in [6.45, 7) is 0. The van der Waals surface area contributed by atoms with Gasteiger partial charge in [-0.1, -0.05) is 23.2 Å². The molecule has 2 rings (SSSR count). The first-order chi connectivity index (χ1) is 8.49. The van der Waals surface area contributed by atoms with E-state index in [1.807, 2.05) is 0 Å². The minimum Gasteiger partial charge on any atom is -0.292 e. The van der Waals surface area contributed by atoms with Gasteiger partial charge in [0.15, 0.2) is 5.78 Å². The minimum absolute atomic E-state index is 0.224. The Morgan fingerprint density at radius 1 is 1.00 bits per heavy atom. The predicted octanol–water partition coefficient (Wildman–Crippen LogP) is 5.89. The van der Waals surface area contributed by atoms with Gasteiger partial charge in [-0.15, -0.1) is 45.9 Å². The molecule has 2 aromatic rings. The number of hydrogen-bond donors (Lipinski definition) is 0. The average Bonchev–Trinajstić information content (AvgIpc) is 2.95. The van der Waals surface area contributed by atoms with Crippen LogP contribution in [0.5, 0.6) is 0 Å². The Kier molecular flexibility index (Phi) is 4.98. The molecule has 1 nitrogen and oxygen atoms in total. The normalized spacial score (nSPS) is 14.4. The highest BCUT2D eigenvalue weighted by Gasteiger charge is 2.28. The molecule has 0 amide bonds. The third kappa shape index (κ3) is 3.21. The van der Waals surface area contributed by atoms with Crippen molar-refractivity contribution in [2.45, 2.75) is 10.8 Å². The fourth-order valence-corrected chi connectivity index (χ4v) is 4.15. The highest BCUT2D eigenvalue weighted by molar-refractivity contribution is 7.18. The fraction of sp³-hybridized carbons (Fsp3) is 0.182. The summed E-state index contributed by atoms with van der Waals surface area (Å²) in [4.78, 5) is 13.4. The van der Waals surface area contributed by atoms with Crippen LogP contribution in [0.25, 0.3) is 0 Å². The van der Waals surface area contributed by atoms with Gasteiger partial charge in [0, 0.05) is 4.88 Å². The Balaban J connectivity index is 2.16. The number of ketones is 1. The molecule has 0 saturated carbocycles. The second-order valence-corrected chi connectivity index (χ2v) is 7.82. The van der Waals surface area contributed by atoms with Crippen LogP contribution in [0.3, 0.4) is 0 Å². The van der Waals surface area contributed by atoms with Crippen LogP contribution in [0.4, 0.5) is 0 Å². The molecule has 0 radical (unpaired) electrons. The van der Waals surface area contributed by atoms with Gasteiger partial charge < -0.3 is 0 Å². The molecule has 0 aliphatic rings. The van der Waals surface area contributed by atoms with Crippen LogP contribution in [-0.2, 0) is 0 Å². The van der Waals surface area contributed by atoms with E-state index < -0.39 is 10.8 Å². The van der Waals surface area contributed by atoms with Gasteiger partial charge in [0.25, 0.3) is 0 Å². The highest BCUT2D eigenvalue weighted by Crippen LogP contribution is 2.37. The number of alkyl halides is 2. The summed E-state index contributed by atoms with van der Waals surface area (Å²) >= 11 is 26.4. The number of thiophene rings is 2. The van der Waals surface area contributed by atoms with Gasteiger partial charge in [-0.25, -0.2) is 0 Å². The molecular formula is C11H6Cl4OS2. The summed E-state index contributed by atoms with van der Waals surface area (Å²) in [5.74, 6) is -0.224. The van der Waals surface area contributed by atoms with Crippen LogP contribution in [0.2, 0.25) is 8.67 Å². The van der Waals surface area contributed by atoms with Gasteiger partial charge in [0.05, 0.1) is 18.9 Å². The molecule has 2 unspecified atom stereocenters. The monoisotopic (exact) mass is 358 g/mol. The van der Waals surface area contributed by atoms with Gasteiger partial charge in [-0.3, -0.25) is 4.79 Å². The maximum absolute atomic E-state index is 12.1.